The summed E-state index contributed by atoms with van der Waals surface area (Å²) in [5.74, 6) is -0.152. The summed E-state index contributed by atoms with van der Waals surface area (Å²) in [6.45, 7) is 2.23. The van der Waals surface area contributed by atoms with Gasteiger partial charge in [0.05, 0.1) is 25.3 Å². The summed E-state index contributed by atoms with van der Waals surface area (Å²) in [5, 5.41) is 12.7. The van der Waals surface area contributed by atoms with Crippen LogP contribution in [0.25, 0.3) is 5.65 Å². The van der Waals surface area contributed by atoms with Gasteiger partial charge in [0.15, 0.2) is 5.65 Å². The molecule has 1 fully saturated rings. The Hall–Kier alpha value is -2.06. The molecule has 0 aliphatic carbocycles. The van der Waals surface area contributed by atoms with Crippen LogP contribution in [0.3, 0.4) is 0 Å². The Balaban J connectivity index is 1.93. The quantitative estimate of drug-likeness (QED) is 0.704. The van der Waals surface area contributed by atoms with Crippen LogP contribution >= 0.6 is 0 Å². The fraction of sp³-hybridized carbons (Fsp3) is 0.400. The van der Waals surface area contributed by atoms with Crippen LogP contribution in [0.15, 0.2) is 18.3 Å². The standard InChI is InChI=1S/C10H12N6O2/c17-10(16-5-7-18-6-3-11-16)8-2-1-4-15-9(8)12-13-14-15/h1-2,4,11H,3,5-7H2. The highest BCUT2D eigenvalue weighted by molar-refractivity contribution is 5.99. The number of amides is 1. The van der Waals surface area contributed by atoms with Crippen LogP contribution in [-0.2, 0) is 4.74 Å². The number of nitrogens with zero attached hydrogens (tertiary/aromatic N) is 5. The maximum absolute atomic E-state index is 12.4. The van der Waals surface area contributed by atoms with Crippen molar-refractivity contribution in [3.05, 3.63) is 23.9 Å². The summed E-state index contributed by atoms with van der Waals surface area (Å²) in [4.78, 5) is 12.4. The van der Waals surface area contributed by atoms with Crippen molar-refractivity contribution in [3.8, 4) is 0 Å². The number of ether oxygens (including phenoxy) is 1. The van der Waals surface area contributed by atoms with Gasteiger partial charge in [0.2, 0.25) is 0 Å². The Labute approximate surface area is 102 Å². The summed E-state index contributed by atoms with van der Waals surface area (Å²) < 4.78 is 6.76. The van der Waals surface area contributed by atoms with Gasteiger partial charge in [-0.2, -0.15) is 4.52 Å². The number of hydrogen-bond acceptors (Lipinski definition) is 6. The number of rotatable bonds is 1. The van der Waals surface area contributed by atoms with Gasteiger partial charge in [-0.3, -0.25) is 9.80 Å². The minimum absolute atomic E-state index is 0.152. The summed E-state index contributed by atoms with van der Waals surface area (Å²) >= 11 is 0. The first-order chi connectivity index (χ1) is 8.86. The fourth-order valence-electron chi connectivity index (χ4n) is 1.84. The summed E-state index contributed by atoms with van der Waals surface area (Å²) in [6, 6.07) is 3.45. The van der Waals surface area contributed by atoms with Crippen molar-refractivity contribution in [1.29, 1.82) is 0 Å². The van der Waals surface area contributed by atoms with Crippen LogP contribution in [0.1, 0.15) is 10.4 Å². The van der Waals surface area contributed by atoms with Gasteiger partial charge in [-0.1, -0.05) is 0 Å². The lowest BCUT2D eigenvalue weighted by atomic mass is 10.2. The first-order valence-electron chi connectivity index (χ1n) is 5.66. The van der Waals surface area contributed by atoms with Crippen molar-refractivity contribution < 1.29 is 9.53 Å². The zero-order valence-electron chi connectivity index (χ0n) is 9.61. The van der Waals surface area contributed by atoms with Crippen LogP contribution in [0, 0.1) is 0 Å². The maximum Gasteiger partial charge on any atom is 0.271 e. The lowest BCUT2D eigenvalue weighted by Gasteiger charge is -2.20. The highest BCUT2D eigenvalue weighted by atomic mass is 16.5. The largest absolute Gasteiger partial charge is 0.378 e. The predicted molar refractivity (Wildman–Crippen MR) is 60.6 cm³/mol. The fourth-order valence-corrected chi connectivity index (χ4v) is 1.84. The average molecular weight is 248 g/mol. The minimum Gasteiger partial charge on any atom is -0.378 e. The average Bonchev–Trinajstić information content (AvgIpc) is 2.71. The number of hydrazine groups is 1. The van der Waals surface area contributed by atoms with Gasteiger partial charge in [-0.25, -0.2) is 5.43 Å². The Morgan fingerprint density at radius 1 is 1.44 bits per heavy atom. The molecule has 1 aliphatic heterocycles. The van der Waals surface area contributed by atoms with Gasteiger partial charge in [0.25, 0.3) is 5.91 Å². The van der Waals surface area contributed by atoms with E-state index in [-0.39, 0.29) is 5.91 Å². The Morgan fingerprint density at radius 2 is 2.39 bits per heavy atom. The molecule has 94 valence electrons. The number of fused-ring (bicyclic) bond motifs is 1. The smallest absolute Gasteiger partial charge is 0.271 e. The lowest BCUT2D eigenvalue weighted by molar-refractivity contribution is 0.0661. The summed E-state index contributed by atoms with van der Waals surface area (Å²) in [7, 11) is 0. The Bertz CT molecular complexity index is 560. The molecular weight excluding hydrogens is 236 g/mol. The van der Waals surface area contributed by atoms with Crippen molar-refractivity contribution in [2.24, 2.45) is 0 Å². The molecule has 1 saturated heterocycles. The van der Waals surface area contributed by atoms with E-state index in [1.54, 1.807) is 18.3 Å². The van der Waals surface area contributed by atoms with E-state index in [2.05, 4.69) is 21.0 Å². The minimum atomic E-state index is -0.152. The lowest BCUT2D eigenvalue weighted by Crippen LogP contribution is -2.43. The third-order valence-corrected chi connectivity index (χ3v) is 2.71. The topological polar surface area (TPSA) is 84.7 Å². The second kappa shape index (κ2) is 4.67. The molecule has 0 atom stereocenters. The third-order valence-electron chi connectivity index (χ3n) is 2.71. The molecule has 0 radical (unpaired) electrons. The van der Waals surface area contributed by atoms with Gasteiger partial charge < -0.3 is 4.74 Å². The van der Waals surface area contributed by atoms with Crippen molar-refractivity contribution in [1.82, 2.24) is 30.5 Å². The molecule has 8 nitrogen and oxygen atoms in total. The molecule has 0 unspecified atom stereocenters. The third kappa shape index (κ3) is 1.91. The van der Waals surface area contributed by atoms with Crippen LogP contribution in [-0.4, -0.2) is 57.3 Å². The number of nitrogens with one attached hydrogen (secondary N) is 1. The van der Waals surface area contributed by atoms with Gasteiger partial charge in [-0.05, 0) is 22.6 Å². The molecule has 1 N–H and O–H groups in total. The second-order valence-electron chi connectivity index (χ2n) is 3.85. The van der Waals surface area contributed by atoms with E-state index in [9.17, 15) is 4.79 Å². The molecule has 0 bridgehead atoms. The van der Waals surface area contributed by atoms with E-state index < -0.39 is 0 Å². The number of tetrazole rings is 1. The Morgan fingerprint density at radius 3 is 3.33 bits per heavy atom. The molecule has 2 aromatic rings. The summed E-state index contributed by atoms with van der Waals surface area (Å²) in [5.41, 5.74) is 3.94. The molecule has 2 aromatic heterocycles. The SMILES string of the molecule is O=C(c1cccn2nnnc12)N1CCOCCN1. The van der Waals surface area contributed by atoms with Crippen LogP contribution in [0.5, 0.6) is 0 Å². The second-order valence-corrected chi connectivity index (χ2v) is 3.85. The first-order valence-corrected chi connectivity index (χ1v) is 5.66. The highest BCUT2D eigenvalue weighted by Crippen LogP contribution is 2.09. The molecule has 18 heavy (non-hydrogen) atoms. The van der Waals surface area contributed by atoms with Crippen molar-refractivity contribution in [3.63, 3.8) is 0 Å². The zero-order chi connectivity index (χ0) is 12.4. The monoisotopic (exact) mass is 248 g/mol. The molecule has 3 heterocycles. The van der Waals surface area contributed by atoms with E-state index in [1.807, 2.05) is 0 Å². The Kier molecular flexibility index (Phi) is 2.87. The van der Waals surface area contributed by atoms with E-state index in [4.69, 9.17) is 4.74 Å². The molecule has 3 rings (SSSR count). The molecule has 1 amide bonds. The van der Waals surface area contributed by atoms with Crippen molar-refractivity contribution in [2.45, 2.75) is 0 Å². The predicted octanol–water partition coefficient (Wildman–Crippen LogP) is -0.899. The number of hydrogen-bond donors (Lipinski definition) is 1. The molecule has 0 spiro atoms. The van der Waals surface area contributed by atoms with E-state index in [0.29, 0.717) is 37.5 Å². The van der Waals surface area contributed by atoms with Gasteiger partial charge in [-0.15, -0.1) is 5.10 Å². The number of carbonyl (C=O) groups is 1. The van der Waals surface area contributed by atoms with Gasteiger partial charge in [0.1, 0.15) is 0 Å². The van der Waals surface area contributed by atoms with Crippen molar-refractivity contribution >= 4 is 11.6 Å². The van der Waals surface area contributed by atoms with Crippen LogP contribution < -0.4 is 5.43 Å². The van der Waals surface area contributed by atoms with Crippen LogP contribution in [0.2, 0.25) is 0 Å². The molecule has 0 saturated carbocycles. The number of aromatic nitrogens is 4. The maximum atomic E-state index is 12.4. The van der Waals surface area contributed by atoms with Gasteiger partial charge >= 0.3 is 0 Å². The van der Waals surface area contributed by atoms with Crippen LogP contribution in [0.4, 0.5) is 0 Å². The van der Waals surface area contributed by atoms with Gasteiger partial charge in [0, 0.05) is 12.7 Å². The normalized spacial score (nSPS) is 16.8. The van der Waals surface area contributed by atoms with E-state index in [1.165, 1.54) is 9.52 Å². The molecule has 8 heteroatoms. The first kappa shape index (κ1) is 11.1. The summed E-state index contributed by atoms with van der Waals surface area (Å²) in [6.07, 6.45) is 1.70. The molecule has 1 aliphatic rings. The number of carbonyl (C=O) groups excluding carboxylic acids is 1. The molecular formula is C10H12N6O2. The highest BCUT2D eigenvalue weighted by Gasteiger charge is 2.20. The van der Waals surface area contributed by atoms with E-state index in [0.717, 1.165) is 0 Å². The number of pyridine rings is 1. The zero-order valence-corrected chi connectivity index (χ0v) is 9.61. The van der Waals surface area contributed by atoms with Crippen molar-refractivity contribution in [2.75, 3.05) is 26.3 Å². The van der Waals surface area contributed by atoms with E-state index >= 15 is 0 Å². The molecule has 0 aromatic carbocycles.